The molecule has 3 aromatic rings. The van der Waals surface area contributed by atoms with Gasteiger partial charge in [0.2, 0.25) is 0 Å². The van der Waals surface area contributed by atoms with Crippen LogP contribution in [-0.2, 0) is 4.79 Å². The van der Waals surface area contributed by atoms with Crippen LogP contribution < -0.4 is 10.6 Å². The van der Waals surface area contributed by atoms with Gasteiger partial charge in [-0.25, -0.2) is 8.78 Å². The zero-order valence-corrected chi connectivity index (χ0v) is 17.6. The van der Waals surface area contributed by atoms with E-state index in [9.17, 15) is 18.4 Å². The molecule has 0 spiro atoms. The first-order valence-electron chi connectivity index (χ1n) is 10.6. The van der Waals surface area contributed by atoms with Crippen LogP contribution in [0, 0.1) is 17.6 Å². The normalized spacial score (nSPS) is 18.0. The summed E-state index contributed by atoms with van der Waals surface area (Å²) in [6.07, 6.45) is 3.88. The number of rotatable bonds is 7. The number of aromatic nitrogens is 2. The number of benzene rings is 2. The van der Waals surface area contributed by atoms with Gasteiger partial charge in [-0.1, -0.05) is 23.3 Å². The lowest BCUT2D eigenvalue weighted by atomic mass is 9.77. The largest absolute Gasteiger partial charge is 0.481 e. The van der Waals surface area contributed by atoms with Gasteiger partial charge in [-0.05, 0) is 67.3 Å². The highest BCUT2D eigenvalue weighted by Gasteiger charge is 2.24. The summed E-state index contributed by atoms with van der Waals surface area (Å²) >= 11 is 0. The van der Waals surface area contributed by atoms with Crippen molar-refractivity contribution in [2.45, 2.75) is 38.0 Å². The molecular weight excluding hydrogens is 434 g/mol. The summed E-state index contributed by atoms with van der Waals surface area (Å²) in [5.74, 6) is -3.25. The Morgan fingerprint density at radius 3 is 2.45 bits per heavy atom. The van der Waals surface area contributed by atoms with Crippen LogP contribution in [0.1, 0.15) is 54.3 Å². The predicted molar refractivity (Wildman–Crippen MR) is 115 cm³/mol. The topological polar surface area (TPSA) is 117 Å². The van der Waals surface area contributed by atoms with Crippen LogP contribution in [0.25, 0.3) is 0 Å². The molecule has 1 aromatic heterocycles. The molecule has 10 heteroatoms. The Hall–Kier alpha value is -3.82. The van der Waals surface area contributed by atoms with Gasteiger partial charge in [0.1, 0.15) is 0 Å². The summed E-state index contributed by atoms with van der Waals surface area (Å²) in [6.45, 7) is 0. The highest BCUT2D eigenvalue weighted by Crippen LogP contribution is 2.37. The van der Waals surface area contributed by atoms with Crippen molar-refractivity contribution in [3.05, 3.63) is 65.6 Å². The summed E-state index contributed by atoms with van der Waals surface area (Å²) in [6, 6.07) is 10.7. The van der Waals surface area contributed by atoms with Crippen LogP contribution in [0.15, 0.2) is 46.9 Å². The van der Waals surface area contributed by atoms with Gasteiger partial charge in [0.05, 0.1) is 5.69 Å². The lowest BCUT2D eigenvalue weighted by Crippen LogP contribution is -2.16. The van der Waals surface area contributed by atoms with Crippen LogP contribution in [0.4, 0.5) is 26.2 Å². The van der Waals surface area contributed by atoms with E-state index in [1.165, 1.54) is 12.1 Å². The second-order valence-electron chi connectivity index (χ2n) is 8.03. The Kier molecular flexibility index (Phi) is 6.62. The minimum atomic E-state index is -1.10. The first-order chi connectivity index (χ1) is 15.9. The molecule has 1 aliphatic rings. The fourth-order valence-corrected chi connectivity index (χ4v) is 4.05. The summed E-state index contributed by atoms with van der Waals surface area (Å²) in [7, 11) is 0. The standard InChI is InChI=1S/C23H22F2N4O4/c24-17-2-1-3-18(20(17)25)27-23-29-28-22(33-23)21(32)26-16-10-8-15(9-11-16)14-6-4-13(5-7-14)12-19(30)31/h1-3,8-11,13-14H,4-7,12H2,(H,26,32)(H,27,29)(H,30,31)/t13-,14-. The molecule has 8 nitrogen and oxygen atoms in total. The monoisotopic (exact) mass is 456 g/mol. The maximum Gasteiger partial charge on any atom is 0.320 e. The van der Waals surface area contributed by atoms with E-state index in [0.29, 0.717) is 11.6 Å². The minimum Gasteiger partial charge on any atom is -0.481 e. The summed E-state index contributed by atoms with van der Waals surface area (Å²) in [5, 5.41) is 21.3. The summed E-state index contributed by atoms with van der Waals surface area (Å²) < 4.78 is 32.2. The second kappa shape index (κ2) is 9.76. The quantitative estimate of drug-likeness (QED) is 0.453. The Bertz CT molecular complexity index is 1140. The van der Waals surface area contributed by atoms with E-state index < -0.39 is 23.5 Å². The third-order valence-electron chi connectivity index (χ3n) is 5.76. The molecule has 1 heterocycles. The molecule has 1 fully saturated rings. The highest BCUT2D eigenvalue weighted by atomic mass is 19.2. The van der Waals surface area contributed by atoms with Crippen molar-refractivity contribution in [2.75, 3.05) is 10.6 Å². The molecule has 1 amide bonds. The van der Waals surface area contributed by atoms with Gasteiger partial charge in [-0.2, -0.15) is 0 Å². The van der Waals surface area contributed by atoms with Gasteiger partial charge < -0.3 is 20.2 Å². The van der Waals surface area contributed by atoms with Gasteiger partial charge in [-0.15, -0.1) is 5.10 Å². The number of carboxylic acid groups (broad SMARTS) is 1. The highest BCUT2D eigenvalue weighted by molar-refractivity contribution is 6.00. The number of amides is 1. The first-order valence-corrected chi connectivity index (χ1v) is 10.6. The number of nitrogens with zero attached hydrogens (tertiary/aromatic N) is 2. The number of halogens is 2. The van der Waals surface area contributed by atoms with Gasteiger partial charge in [-0.3, -0.25) is 9.59 Å². The van der Waals surface area contributed by atoms with Crippen LogP contribution in [0.5, 0.6) is 0 Å². The van der Waals surface area contributed by atoms with E-state index >= 15 is 0 Å². The SMILES string of the molecule is O=C(O)C[C@H]1CC[C@H](c2ccc(NC(=O)c3nnc(Nc4cccc(F)c4F)o3)cc2)CC1. The average molecular weight is 456 g/mol. The molecule has 3 N–H and O–H groups in total. The third kappa shape index (κ3) is 5.51. The van der Waals surface area contributed by atoms with Crippen molar-refractivity contribution in [3.63, 3.8) is 0 Å². The zero-order chi connectivity index (χ0) is 23.4. The number of nitrogens with one attached hydrogen (secondary N) is 2. The molecule has 2 aromatic carbocycles. The minimum absolute atomic E-state index is 0.196. The van der Waals surface area contributed by atoms with Crippen molar-refractivity contribution >= 4 is 29.3 Å². The third-order valence-corrected chi connectivity index (χ3v) is 5.76. The van der Waals surface area contributed by atoms with Crippen LogP contribution in [0.3, 0.4) is 0 Å². The zero-order valence-electron chi connectivity index (χ0n) is 17.6. The van der Waals surface area contributed by atoms with Gasteiger partial charge in [0.15, 0.2) is 11.6 Å². The molecule has 0 bridgehead atoms. The Balaban J connectivity index is 1.33. The molecule has 0 atom stereocenters. The lowest BCUT2D eigenvalue weighted by molar-refractivity contribution is -0.138. The average Bonchev–Trinajstić information content (AvgIpc) is 3.26. The molecule has 0 aliphatic heterocycles. The Morgan fingerprint density at radius 1 is 1.03 bits per heavy atom. The summed E-state index contributed by atoms with van der Waals surface area (Å²) in [4.78, 5) is 23.3. The number of hydrogen-bond donors (Lipinski definition) is 3. The fraction of sp³-hybridized carbons (Fsp3) is 0.304. The van der Waals surface area contributed by atoms with E-state index in [2.05, 4.69) is 20.8 Å². The van der Waals surface area contributed by atoms with E-state index in [-0.39, 0.29) is 29.9 Å². The Labute approximate surface area is 188 Å². The van der Waals surface area contributed by atoms with Crippen LogP contribution in [0.2, 0.25) is 0 Å². The molecular formula is C23H22F2N4O4. The smallest absolute Gasteiger partial charge is 0.320 e. The first kappa shape index (κ1) is 22.4. The number of aliphatic carboxylic acids is 1. The van der Waals surface area contributed by atoms with Gasteiger partial charge in [0.25, 0.3) is 0 Å². The summed E-state index contributed by atoms with van der Waals surface area (Å²) in [5.41, 5.74) is 1.48. The van der Waals surface area contributed by atoms with Crippen molar-refractivity contribution in [3.8, 4) is 0 Å². The molecule has 4 rings (SSSR count). The molecule has 1 aliphatic carbocycles. The van der Waals surface area contributed by atoms with E-state index in [4.69, 9.17) is 9.52 Å². The molecule has 33 heavy (non-hydrogen) atoms. The maximum absolute atomic E-state index is 13.7. The number of hydrogen-bond acceptors (Lipinski definition) is 6. The molecule has 0 saturated heterocycles. The van der Waals surface area contributed by atoms with Crippen molar-refractivity contribution in [1.29, 1.82) is 0 Å². The number of carbonyl (C=O) groups is 2. The predicted octanol–water partition coefficient (Wildman–Crippen LogP) is 5.09. The molecule has 0 radical (unpaired) electrons. The fourth-order valence-electron chi connectivity index (χ4n) is 4.05. The molecule has 172 valence electrons. The van der Waals surface area contributed by atoms with Crippen molar-refractivity contribution in [2.24, 2.45) is 5.92 Å². The van der Waals surface area contributed by atoms with E-state index in [1.54, 1.807) is 12.1 Å². The van der Waals surface area contributed by atoms with E-state index in [1.807, 2.05) is 12.1 Å². The van der Waals surface area contributed by atoms with Crippen LogP contribution >= 0.6 is 0 Å². The van der Waals surface area contributed by atoms with Crippen LogP contribution in [-0.4, -0.2) is 27.2 Å². The molecule has 0 unspecified atom stereocenters. The lowest BCUT2D eigenvalue weighted by Gasteiger charge is -2.28. The van der Waals surface area contributed by atoms with E-state index in [0.717, 1.165) is 37.3 Å². The second-order valence-corrected chi connectivity index (χ2v) is 8.03. The van der Waals surface area contributed by atoms with Crippen molar-refractivity contribution in [1.82, 2.24) is 10.2 Å². The van der Waals surface area contributed by atoms with Gasteiger partial charge in [0, 0.05) is 12.1 Å². The molecule has 1 saturated carbocycles. The maximum atomic E-state index is 13.7. The Morgan fingerprint density at radius 2 is 1.76 bits per heavy atom. The number of anilines is 3. The van der Waals surface area contributed by atoms with Crippen molar-refractivity contribution < 1.29 is 27.9 Å². The van der Waals surface area contributed by atoms with Gasteiger partial charge >= 0.3 is 23.8 Å². The number of carboxylic acids is 1. The number of carbonyl (C=O) groups excluding carboxylic acids is 1.